The second kappa shape index (κ2) is 2.30. The van der Waals surface area contributed by atoms with Gasteiger partial charge in [-0.2, -0.15) is 0 Å². The van der Waals surface area contributed by atoms with Crippen molar-refractivity contribution in [3.63, 3.8) is 0 Å². The van der Waals surface area contributed by atoms with Crippen molar-refractivity contribution in [1.29, 1.82) is 0 Å². The third-order valence-corrected chi connectivity index (χ3v) is 3.38. The topological polar surface area (TPSA) is 31.4 Å². The monoisotopic (exact) mass is 245 g/mol. The molecule has 0 saturated carbocycles. The van der Waals surface area contributed by atoms with E-state index in [0.29, 0.717) is 5.75 Å². The molecule has 0 unspecified atom stereocenters. The average molecular weight is 246 g/mol. The summed E-state index contributed by atoms with van der Waals surface area (Å²) in [6.07, 6.45) is 1.53. The Labute approximate surface area is 83.0 Å². The Bertz CT molecular complexity index is 308. The predicted molar refractivity (Wildman–Crippen MR) is 50.0 cm³/mol. The Morgan fingerprint density at radius 3 is 2.67 bits per heavy atom. The number of halogens is 3. The number of fused-ring (bicyclic) bond motifs is 1. The zero-order chi connectivity index (χ0) is 8.84. The van der Waals surface area contributed by atoms with Crippen molar-refractivity contribution in [2.45, 2.75) is 0 Å². The van der Waals surface area contributed by atoms with Crippen LogP contribution in [0.15, 0.2) is 18.3 Å². The SMILES string of the molecule is ClP1(Cl)(Cl)Oc2cccnc2O1. The first-order chi connectivity index (χ1) is 5.44. The Morgan fingerprint density at radius 2 is 2.00 bits per heavy atom. The first-order valence-corrected chi connectivity index (χ1v) is 7.75. The van der Waals surface area contributed by atoms with Gasteiger partial charge in [-0.3, -0.25) is 0 Å². The number of pyridine rings is 1. The van der Waals surface area contributed by atoms with E-state index in [1.165, 1.54) is 6.20 Å². The third kappa shape index (κ3) is 1.55. The van der Waals surface area contributed by atoms with Crippen LogP contribution in [-0.2, 0) is 0 Å². The molecule has 0 bridgehead atoms. The van der Waals surface area contributed by atoms with Gasteiger partial charge in [0, 0.05) is 0 Å². The van der Waals surface area contributed by atoms with Crippen LogP contribution in [0.4, 0.5) is 0 Å². The van der Waals surface area contributed by atoms with E-state index in [0.717, 1.165) is 0 Å². The first kappa shape index (κ1) is 8.64. The second-order valence-corrected chi connectivity index (χ2v) is 11.0. The molecular weight excluding hydrogens is 243 g/mol. The van der Waals surface area contributed by atoms with E-state index in [-0.39, 0.29) is 5.88 Å². The van der Waals surface area contributed by atoms with Crippen LogP contribution in [0, 0.1) is 0 Å². The molecule has 0 fully saturated rings. The maximum atomic E-state index is 5.67. The zero-order valence-corrected chi connectivity index (χ0v) is 8.74. The third-order valence-electron chi connectivity index (χ3n) is 1.20. The summed E-state index contributed by atoms with van der Waals surface area (Å²) < 4.78 is 10.00. The van der Waals surface area contributed by atoms with Crippen LogP contribution in [-0.4, -0.2) is 4.98 Å². The van der Waals surface area contributed by atoms with Gasteiger partial charge in [0.2, 0.25) is 0 Å². The molecule has 0 aliphatic carbocycles. The van der Waals surface area contributed by atoms with Gasteiger partial charge in [-0.25, -0.2) is 0 Å². The van der Waals surface area contributed by atoms with Crippen LogP contribution in [0.25, 0.3) is 0 Å². The summed E-state index contributed by atoms with van der Waals surface area (Å²) in [4.78, 5) is 3.83. The molecule has 7 heteroatoms. The van der Waals surface area contributed by atoms with Crippen LogP contribution in [0.3, 0.4) is 0 Å². The molecule has 0 radical (unpaired) electrons. The fraction of sp³-hybridized carbons (Fsp3) is 0. The molecule has 3 nitrogen and oxygen atoms in total. The van der Waals surface area contributed by atoms with E-state index in [1.807, 2.05) is 0 Å². The van der Waals surface area contributed by atoms with Gasteiger partial charge < -0.3 is 0 Å². The average Bonchev–Trinajstić information content (AvgIpc) is 2.16. The first-order valence-electron chi connectivity index (χ1n) is 2.97. The van der Waals surface area contributed by atoms with Crippen LogP contribution >= 0.6 is 38.8 Å². The molecule has 1 aromatic rings. The Kier molecular flexibility index (Phi) is 1.65. The van der Waals surface area contributed by atoms with E-state index in [1.54, 1.807) is 12.1 Å². The van der Waals surface area contributed by atoms with Gasteiger partial charge in [0.05, 0.1) is 0 Å². The molecule has 2 heterocycles. The van der Waals surface area contributed by atoms with Gasteiger partial charge in [-0.05, 0) is 0 Å². The van der Waals surface area contributed by atoms with Crippen molar-refractivity contribution in [3.05, 3.63) is 18.3 Å². The summed E-state index contributed by atoms with van der Waals surface area (Å²) in [5.74, 6) is 0.602. The molecule has 0 amide bonds. The van der Waals surface area contributed by atoms with Gasteiger partial charge in [0.15, 0.2) is 0 Å². The van der Waals surface area contributed by atoms with Crippen molar-refractivity contribution in [3.8, 4) is 11.6 Å². The van der Waals surface area contributed by atoms with Crippen molar-refractivity contribution >= 4 is 38.8 Å². The molecule has 2 rings (SSSR count). The van der Waals surface area contributed by atoms with Crippen LogP contribution < -0.4 is 9.05 Å². The molecule has 66 valence electrons. The van der Waals surface area contributed by atoms with Gasteiger partial charge >= 0.3 is 82.8 Å². The molecule has 1 aliphatic heterocycles. The van der Waals surface area contributed by atoms with Gasteiger partial charge in [0.25, 0.3) is 0 Å². The molecule has 0 aromatic carbocycles. The standard InChI is InChI=1S/C5H3Cl3NO2P/c6-12(7,8)10-4-2-1-3-9-5(4)11-12/h1-3H. The summed E-state index contributed by atoms with van der Waals surface area (Å²) in [6, 6.07) is 3.30. The van der Waals surface area contributed by atoms with E-state index in [2.05, 4.69) is 4.98 Å². The number of nitrogens with zero attached hydrogens (tertiary/aromatic N) is 1. The molecule has 1 aromatic heterocycles. The van der Waals surface area contributed by atoms with Gasteiger partial charge in [0.1, 0.15) is 0 Å². The second-order valence-electron chi connectivity index (χ2n) is 2.17. The minimum absolute atomic E-state index is 0.232. The molecular formula is C5H3Cl3NO2P. The Morgan fingerprint density at radius 1 is 1.25 bits per heavy atom. The Balaban J connectivity index is 2.47. The number of rotatable bonds is 0. The van der Waals surface area contributed by atoms with E-state index < -0.39 is 5.12 Å². The van der Waals surface area contributed by atoms with Crippen molar-refractivity contribution in [2.24, 2.45) is 0 Å². The van der Waals surface area contributed by atoms with Crippen molar-refractivity contribution in [2.75, 3.05) is 0 Å². The number of aromatic nitrogens is 1. The van der Waals surface area contributed by atoms with Crippen molar-refractivity contribution in [1.82, 2.24) is 4.98 Å². The molecule has 1 aliphatic rings. The summed E-state index contributed by atoms with van der Waals surface area (Å²) in [7, 11) is 0. The van der Waals surface area contributed by atoms with E-state index >= 15 is 0 Å². The predicted octanol–water partition coefficient (Wildman–Crippen LogP) is 3.70. The summed E-state index contributed by atoms with van der Waals surface area (Å²) in [6.45, 7) is 0. The van der Waals surface area contributed by atoms with Crippen LogP contribution in [0.1, 0.15) is 0 Å². The summed E-state index contributed by atoms with van der Waals surface area (Å²) >= 11 is 17.0. The molecule has 12 heavy (non-hydrogen) atoms. The molecule has 0 atom stereocenters. The quantitative estimate of drug-likeness (QED) is 0.654. The van der Waals surface area contributed by atoms with Crippen LogP contribution in [0.2, 0.25) is 0 Å². The van der Waals surface area contributed by atoms with Gasteiger partial charge in [-0.1, -0.05) is 0 Å². The zero-order valence-electron chi connectivity index (χ0n) is 5.58. The summed E-state index contributed by atoms with van der Waals surface area (Å²) in [5, 5.41) is -3.95. The van der Waals surface area contributed by atoms with E-state index in [4.69, 9.17) is 42.8 Å². The summed E-state index contributed by atoms with van der Waals surface area (Å²) in [5.41, 5.74) is 0. The number of hydrogen-bond donors (Lipinski definition) is 0. The molecule has 0 saturated heterocycles. The maximum absolute atomic E-state index is 5.67. The molecule has 0 N–H and O–H groups in total. The normalized spacial score (nSPS) is 25.8. The van der Waals surface area contributed by atoms with Crippen molar-refractivity contribution < 1.29 is 9.05 Å². The van der Waals surface area contributed by atoms with Gasteiger partial charge in [-0.15, -0.1) is 0 Å². The fourth-order valence-corrected chi connectivity index (χ4v) is 2.96. The molecule has 0 spiro atoms. The number of hydrogen-bond acceptors (Lipinski definition) is 3. The van der Waals surface area contributed by atoms with Crippen LogP contribution in [0.5, 0.6) is 11.6 Å². The fourth-order valence-electron chi connectivity index (χ4n) is 0.818. The Hall–Kier alpha value is 0.0500. The van der Waals surface area contributed by atoms with E-state index in [9.17, 15) is 0 Å². The minimum atomic E-state index is -3.95.